The first-order valence-corrected chi connectivity index (χ1v) is 9.65. The predicted octanol–water partition coefficient (Wildman–Crippen LogP) is 4.43. The molecule has 2 fully saturated rings. The number of rotatable bonds is 7. The zero-order chi connectivity index (χ0) is 21.3. The number of nitrogens with zero attached hydrogens (tertiary/aromatic N) is 2. The molecule has 7 nitrogen and oxygen atoms in total. The van der Waals surface area contributed by atoms with Gasteiger partial charge >= 0.3 is 12.6 Å². The molecule has 0 unspecified atom stereocenters. The van der Waals surface area contributed by atoms with Gasteiger partial charge < -0.3 is 19.9 Å². The molecular weight excluding hydrogens is 403 g/mol. The second-order valence-electron chi connectivity index (χ2n) is 7.33. The molecule has 0 amide bonds. The molecule has 0 bridgehead atoms. The molecule has 2 heterocycles. The predicted molar refractivity (Wildman–Crippen MR) is 100 cm³/mol. The van der Waals surface area contributed by atoms with Crippen molar-refractivity contribution in [2.24, 2.45) is 0 Å². The number of halogens is 3. The number of aromatic carboxylic acids is 1. The molecule has 10 heteroatoms. The molecule has 1 aliphatic carbocycles. The average Bonchev–Trinajstić information content (AvgIpc) is 3.55. The lowest BCUT2D eigenvalue weighted by molar-refractivity contribution is -0.0505. The zero-order valence-electron chi connectivity index (χ0n) is 15.9. The molecule has 4 rings (SSSR count). The lowest BCUT2D eigenvalue weighted by atomic mass is 9.90. The van der Waals surface area contributed by atoms with Gasteiger partial charge in [0.05, 0.1) is 17.6 Å². The van der Waals surface area contributed by atoms with E-state index in [4.69, 9.17) is 9.47 Å². The molecule has 2 aromatic rings. The second kappa shape index (κ2) is 8.47. The third kappa shape index (κ3) is 4.48. The minimum absolute atomic E-state index is 0.132. The van der Waals surface area contributed by atoms with Crippen molar-refractivity contribution in [1.29, 1.82) is 0 Å². The summed E-state index contributed by atoms with van der Waals surface area (Å²) in [7, 11) is 0. The van der Waals surface area contributed by atoms with E-state index >= 15 is 0 Å². The lowest BCUT2D eigenvalue weighted by Crippen LogP contribution is -2.17. The van der Waals surface area contributed by atoms with Gasteiger partial charge in [-0.15, -0.1) is 0 Å². The van der Waals surface area contributed by atoms with Gasteiger partial charge in [-0.2, -0.15) is 8.78 Å². The number of benzene rings is 1. The van der Waals surface area contributed by atoms with Crippen molar-refractivity contribution in [2.75, 3.05) is 18.5 Å². The molecule has 160 valence electrons. The Morgan fingerprint density at radius 1 is 1.20 bits per heavy atom. The minimum Gasteiger partial charge on any atom is -0.476 e. The highest BCUT2D eigenvalue weighted by Crippen LogP contribution is 2.42. The van der Waals surface area contributed by atoms with Gasteiger partial charge in [0.1, 0.15) is 5.82 Å². The molecule has 2 N–H and O–H groups in total. The van der Waals surface area contributed by atoms with E-state index in [1.165, 1.54) is 12.3 Å². The summed E-state index contributed by atoms with van der Waals surface area (Å²) in [6.45, 7) is -2.29. The maximum atomic E-state index is 14.4. The van der Waals surface area contributed by atoms with Crippen molar-refractivity contribution >= 4 is 17.5 Å². The maximum absolute atomic E-state index is 14.4. The van der Waals surface area contributed by atoms with E-state index in [0.717, 1.165) is 18.9 Å². The number of carbonyl (C=O) groups is 1. The normalized spacial score (nSPS) is 17.2. The van der Waals surface area contributed by atoms with Gasteiger partial charge in [-0.25, -0.2) is 19.2 Å². The fourth-order valence-corrected chi connectivity index (χ4v) is 3.59. The smallest absolute Gasteiger partial charge is 0.387 e. The highest BCUT2D eigenvalue weighted by Gasteiger charge is 2.29. The van der Waals surface area contributed by atoms with Crippen molar-refractivity contribution in [1.82, 2.24) is 9.97 Å². The van der Waals surface area contributed by atoms with Crippen molar-refractivity contribution < 1.29 is 32.5 Å². The van der Waals surface area contributed by atoms with E-state index in [-0.39, 0.29) is 40.3 Å². The summed E-state index contributed by atoms with van der Waals surface area (Å²) in [5.41, 5.74) is 0.344. The summed E-state index contributed by atoms with van der Waals surface area (Å²) in [5, 5.41) is 12.2. The molecule has 1 aliphatic heterocycles. The largest absolute Gasteiger partial charge is 0.476 e. The first kappa shape index (κ1) is 20.4. The Bertz CT molecular complexity index is 947. The van der Waals surface area contributed by atoms with Crippen LogP contribution in [0.25, 0.3) is 0 Å². The monoisotopic (exact) mass is 423 g/mol. The average molecular weight is 423 g/mol. The van der Waals surface area contributed by atoms with Gasteiger partial charge in [-0.1, -0.05) is 0 Å². The molecule has 1 saturated carbocycles. The summed E-state index contributed by atoms with van der Waals surface area (Å²) in [6, 6.07) is 2.14. The quantitative estimate of drug-likeness (QED) is 0.680. The molecule has 1 aromatic heterocycles. The number of carboxylic acid groups (broad SMARTS) is 1. The molecule has 2 aliphatic rings. The Labute approximate surface area is 170 Å². The molecular formula is C20H20F3N3O4. The summed E-state index contributed by atoms with van der Waals surface area (Å²) in [5.74, 6) is -2.45. The van der Waals surface area contributed by atoms with Crippen molar-refractivity contribution in [3.63, 3.8) is 0 Å². The van der Waals surface area contributed by atoms with Crippen LogP contribution < -0.4 is 10.1 Å². The number of ether oxygens (including phenoxy) is 2. The van der Waals surface area contributed by atoms with Gasteiger partial charge in [0, 0.05) is 30.8 Å². The third-order valence-electron chi connectivity index (χ3n) is 5.19. The summed E-state index contributed by atoms with van der Waals surface area (Å²) >= 11 is 0. The number of nitrogens with one attached hydrogen (secondary N) is 1. The number of aromatic nitrogens is 2. The van der Waals surface area contributed by atoms with Crippen LogP contribution in [-0.2, 0) is 4.74 Å². The topological polar surface area (TPSA) is 93.6 Å². The lowest BCUT2D eigenvalue weighted by Gasteiger charge is -2.26. The third-order valence-corrected chi connectivity index (χ3v) is 5.19. The molecule has 0 atom stereocenters. The van der Waals surface area contributed by atoms with E-state index in [1.54, 1.807) is 0 Å². The van der Waals surface area contributed by atoms with Crippen LogP contribution in [0.4, 0.5) is 24.7 Å². The summed E-state index contributed by atoms with van der Waals surface area (Å²) in [4.78, 5) is 19.9. The molecule has 0 spiro atoms. The Balaban J connectivity index is 1.74. The Kier molecular flexibility index (Phi) is 5.76. The van der Waals surface area contributed by atoms with Gasteiger partial charge in [-0.05, 0) is 37.7 Å². The first-order chi connectivity index (χ1) is 14.4. The molecule has 1 aromatic carbocycles. The van der Waals surface area contributed by atoms with Gasteiger partial charge in [0.25, 0.3) is 0 Å². The standard InChI is InChI=1S/C20H20F3N3O4/c21-12-7-13(10-3-5-29-6-4-10)17(30-20(22)23)14(8-12)26-18-16(19(27)28)25-15(9-24-18)11-1-2-11/h7-11,20H,1-6H2,(H,24,26)(H,27,28). The Hall–Kier alpha value is -2.88. The number of alkyl halides is 2. The van der Waals surface area contributed by atoms with E-state index in [2.05, 4.69) is 15.3 Å². The van der Waals surface area contributed by atoms with Crippen LogP contribution >= 0.6 is 0 Å². The Morgan fingerprint density at radius 2 is 1.93 bits per heavy atom. The summed E-state index contributed by atoms with van der Waals surface area (Å²) < 4.78 is 50.7. The van der Waals surface area contributed by atoms with Gasteiger partial charge in [0.2, 0.25) is 0 Å². The van der Waals surface area contributed by atoms with E-state index in [1.807, 2.05) is 0 Å². The summed E-state index contributed by atoms with van der Waals surface area (Å²) in [6.07, 6.45) is 4.31. The van der Waals surface area contributed by atoms with E-state index in [0.29, 0.717) is 31.7 Å². The molecule has 1 saturated heterocycles. The van der Waals surface area contributed by atoms with Gasteiger partial charge in [-0.3, -0.25) is 0 Å². The fraction of sp³-hybridized carbons (Fsp3) is 0.450. The minimum atomic E-state index is -3.14. The van der Waals surface area contributed by atoms with Crippen LogP contribution in [0.2, 0.25) is 0 Å². The van der Waals surface area contributed by atoms with E-state index < -0.39 is 18.4 Å². The van der Waals surface area contributed by atoms with Crippen LogP contribution in [0.1, 0.15) is 59.3 Å². The number of hydrogen-bond donors (Lipinski definition) is 2. The number of hydrogen-bond acceptors (Lipinski definition) is 6. The second-order valence-corrected chi connectivity index (χ2v) is 7.33. The SMILES string of the molecule is O=C(O)c1nc(C2CC2)cnc1Nc1cc(F)cc(C2CCOCC2)c1OC(F)F. The highest BCUT2D eigenvalue weighted by molar-refractivity contribution is 5.92. The van der Waals surface area contributed by atoms with E-state index in [9.17, 15) is 23.1 Å². The van der Waals surface area contributed by atoms with Crippen LogP contribution in [0.15, 0.2) is 18.3 Å². The molecule has 0 radical (unpaired) electrons. The van der Waals surface area contributed by atoms with Crippen LogP contribution in [-0.4, -0.2) is 40.9 Å². The first-order valence-electron chi connectivity index (χ1n) is 9.65. The zero-order valence-corrected chi connectivity index (χ0v) is 15.9. The maximum Gasteiger partial charge on any atom is 0.387 e. The van der Waals surface area contributed by atoms with Crippen molar-refractivity contribution in [3.8, 4) is 5.75 Å². The fourth-order valence-electron chi connectivity index (χ4n) is 3.59. The highest BCUT2D eigenvalue weighted by atomic mass is 19.3. The van der Waals surface area contributed by atoms with Crippen molar-refractivity contribution in [2.45, 2.75) is 44.1 Å². The number of anilines is 2. The van der Waals surface area contributed by atoms with Crippen LogP contribution in [0.3, 0.4) is 0 Å². The van der Waals surface area contributed by atoms with Crippen LogP contribution in [0, 0.1) is 5.82 Å². The Morgan fingerprint density at radius 3 is 2.57 bits per heavy atom. The molecule has 30 heavy (non-hydrogen) atoms. The van der Waals surface area contributed by atoms with Gasteiger partial charge in [0.15, 0.2) is 17.3 Å². The van der Waals surface area contributed by atoms with Crippen molar-refractivity contribution in [3.05, 3.63) is 41.1 Å². The van der Waals surface area contributed by atoms with Crippen LogP contribution in [0.5, 0.6) is 5.75 Å². The number of carboxylic acids is 1.